The molecule has 1 aromatic rings. The highest BCUT2D eigenvalue weighted by atomic mass is 127. The van der Waals surface area contributed by atoms with Gasteiger partial charge < -0.3 is 11.1 Å². The van der Waals surface area contributed by atoms with Crippen molar-refractivity contribution in [1.82, 2.24) is 15.3 Å². The number of hydrogen-bond acceptors (Lipinski definition) is 4. The Balaban J connectivity index is 2.21. The molecule has 5 heteroatoms. The lowest BCUT2D eigenvalue weighted by atomic mass is 9.94. The van der Waals surface area contributed by atoms with Gasteiger partial charge in [-0.3, -0.25) is 0 Å². The minimum absolute atomic E-state index is 0.394. The summed E-state index contributed by atoms with van der Waals surface area (Å²) in [7, 11) is 0. The third-order valence-corrected chi connectivity index (χ3v) is 3.04. The molecule has 0 saturated carbocycles. The molecular weight excluding hydrogens is 291 g/mol. The zero-order valence-electron chi connectivity index (χ0n) is 7.83. The number of nitrogens with one attached hydrogen (secondary N) is 1. The summed E-state index contributed by atoms with van der Waals surface area (Å²) in [5.41, 5.74) is 6.72. The molecule has 1 aliphatic heterocycles. The van der Waals surface area contributed by atoms with Crippen LogP contribution in [0.4, 0.5) is 5.95 Å². The van der Waals surface area contributed by atoms with E-state index in [1.54, 1.807) is 0 Å². The average molecular weight is 304 g/mol. The Kier molecular flexibility index (Phi) is 3.17. The summed E-state index contributed by atoms with van der Waals surface area (Å²) in [6.45, 7) is 2.15. The Morgan fingerprint density at radius 2 is 2.07 bits per heavy atom. The van der Waals surface area contributed by atoms with E-state index in [0.29, 0.717) is 11.9 Å². The van der Waals surface area contributed by atoms with E-state index >= 15 is 0 Å². The molecule has 76 valence electrons. The lowest BCUT2D eigenvalue weighted by molar-refractivity contribution is 0.453. The van der Waals surface area contributed by atoms with Gasteiger partial charge in [-0.15, -0.1) is 0 Å². The number of nitrogens with zero attached hydrogens (tertiary/aromatic N) is 2. The Morgan fingerprint density at radius 3 is 2.71 bits per heavy atom. The highest BCUT2D eigenvalue weighted by molar-refractivity contribution is 14.1. The third-order valence-electron chi connectivity index (χ3n) is 2.49. The zero-order valence-corrected chi connectivity index (χ0v) is 9.99. The van der Waals surface area contributed by atoms with Crippen LogP contribution in [0.5, 0.6) is 0 Å². The molecule has 3 N–H and O–H groups in total. The highest BCUT2D eigenvalue weighted by Gasteiger charge is 2.17. The quantitative estimate of drug-likeness (QED) is 0.603. The fraction of sp³-hybridized carbons (Fsp3) is 0.556. The summed E-state index contributed by atoms with van der Waals surface area (Å²) >= 11 is 2.18. The number of nitrogens with two attached hydrogens (primary N) is 1. The van der Waals surface area contributed by atoms with Crippen molar-refractivity contribution >= 4 is 28.5 Å². The van der Waals surface area contributed by atoms with Crippen molar-refractivity contribution in [2.24, 2.45) is 0 Å². The van der Waals surface area contributed by atoms with Crippen molar-refractivity contribution in [2.75, 3.05) is 18.8 Å². The van der Waals surface area contributed by atoms with Crippen LogP contribution < -0.4 is 11.1 Å². The van der Waals surface area contributed by atoms with Crippen LogP contribution >= 0.6 is 22.6 Å². The van der Waals surface area contributed by atoms with Crippen molar-refractivity contribution in [3.63, 3.8) is 0 Å². The van der Waals surface area contributed by atoms with Crippen LogP contribution in [0.2, 0.25) is 0 Å². The largest absolute Gasteiger partial charge is 0.368 e. The van der Waals surface area contributed by atoms with Gasteiger partial charge in [0, 0.05) is 5.92 Å². The second-order valence-electron chi connectivity index (χ2n) is 3.50. The van der Waals surface area contributed by atoms with Gasteiger partial charge in [-0.1, -0.05) is 0 Å². The minimum Gasteiger partial charge on any atom is -0.368 e. The van der Waals surface area contributed by atoms with E-state index in [2.05, 4.69) is 37.9 Å². The maximum Gasteiger partial charge on any atom is 0.221 e. The van der Waals surface area contributed by atoms with Crippen molar-refractivity contribution in [3.8, 4) is 0 Å². The Bertz CT molecular complexity index is 302. The number of anilines is 1. The van der Waals surface area contributed by atoms with E-state index in [9.17, 15) is 0 Å². The van der Waals surface area contributed by atoms with Gasteiger partial charge in [0.1, 0.15) is 3.70 Å². The van der Waals surface area contributed by atoms with E-state index < -0.39 is 0 Å². The van der Waals surface area contributed by atoms with Crippen LogP contribution in [0.3, 0.4) is 0 Å². The molecule has 0 amide bonds. The van der Waals surface area contributed by atoms with Crippen molar-refractivity contribution in [1.29, 1.82) is 0 Å². The predicted octanol–water partition coefficient (Wildman–Crippen LogP) is 1.13. The van der Waals surface area contributed by atoms with Crippen molar-refractivity contribution in [2.45, 2.75) is 18.8 Å². The van der Waals surface area contributed by atoms with E-state index in [1.807, 2.05) is 6.07 Å². The topological polar surface area (TPSA) is 63.8 Å². The van der Waals surface area contributed by atoms with E-state index in [1.165, 1.54) is 0 Å². The second-order valence-corrected chi connectivity index (χ2v) is 4.60. The number of nitrogen functional groups attached to an aromatic ring is 1. The van der Waals surface area contributed by atoms with Crippen LogP contribution in [-0.4, -0.2) is 23.1 Å². The van der Waals surface area contributed by atoms with Gasteiger partial charge in [0.15, 0.2) is 0 Å². The third kappa shape index (κ3) is 2.33. The van der Waals surface area contributed by atoms with Crippen LogP contribution in [0.15, 0.2) is 6.07 Å². The van der Waals surface area contributed by atoms with Crippen LogP contribution in [0.1, 0.15) is 24.5 Å². The summed E-state index contributed by atoms with van der Waals surface area (Å²) in [5.74, 6) is 0.945. The molecule has 0 atom stereocenters. The van der Waals surface area contributed by atoms with Crippen molar-refractivity contribution < 1.29 is 0 Å². The molecule has 1 fully saturated rings. The molecule has 0 bridgehead atoms. The molecular formula is C9H13IN4. The SMILES string of the molecule is Nc1nc(I)cc(C2CCNCC2)n1. The molecule has 0 spiro atoms. The summed E-state index contributed by atoms with van der Waals surface area (Å²) in [4.78, 5) is 8.36. The minimum atomic E-state index is 0.394. The first-order valence-electron chi connectivity index (χ1n) is 4.76. The van der Waals surface area contributed by atoms with Gasteiger partial charge in [0.25, 0.3) is 0 Å². The first-order chi connectivity index (χ1) is 6.75. The molecule has 1 saturated heterocycles. The maximum absolute atomic E-state index is 5.62. The molecule has 14 heavy (non-hydrogen) atoms. The first kappa shape index (κ1) is 10.1. The maximum atomic E-state index is 5.62. The number of hydrogen-bond donors (Lipinski definition) is 2. The standard InChI is InChI=1S/C9H13IN4/c10-8-5-7(13-9(11)14-8)6-1-3-12-4-2-6/h5-6,12H,1-4H2,(H2,11,13,14). The molecule has 0 unspecified atom stereocenters. The first-order valence-corrected chi connectivity index (χ1v) is 5.84. The van der Waals surface area contributed by atoms with Crippen molar-refractivity contribution in [3.05, 3.63) is 15.5 Å². The fourth-order valence-electron chi connectivity index (χ4n) is 1.78. The normalized spacial score (nSPS) is 18.4. The molecule has 0 aliphatic carbocycles. The van der Waals surface area contributed by atoms with E-state index in [-0.39, 0.29) is 0 Å². The zero-order chi connectivity index (χ0) is 9.97. The van der Waals surface area contributed by atoms with Gasteiger partial charge >= 0.3 is 0 Å². The van der Waals surface area contributed by atoms with Crippen LogP contribution in [0.25, 0.3) is 0 Å². The molecule has 0 radical (unpaired) electrons. The summed E-state index contributed by atoms with van der Waals surface area (Å²) in [5, 5.41) is 3.34. The lowest BCUT2D eigenvalue weighted by Gasteiger charge is -2.22. The lowest BCUT2D eigenvalue weighted by Crippen LogP contribution is -2.27. The molecule has 2 rings (SSSR count). The number of piperidine rings is 1. The predicted molar refractivity (Wildman–Crippen MR) is 64.0 cm³/mol. The fourth-order valence-corrected chi connectivity index (χ4v) is 2.35. The number of halogens is 1. The molecule has 1 aliphatic rings. The Hall–Kier alpha value is -0.430. The highest BCUT2D eigenvalue weighted by Crippen LogP contribution is 2.24. The smallest absolute Gasteiger partial charge is 0.221 e. The van der Waals surface area contributed by atoms with Gasteiger partial charge in [-0.05, 0) is 54.6 Å². The molecule has 4 nitrogen and oxygen atoms in total. The average Bonchev–Trinajstić information content (AvgIpc) is 2.18. The second kappa shape index (κ2) is 4.39. The molecule has 1 aromatic heterocycles. The van der Waals surface area contributed by atoms with E-state index in [4.69, 9.17) is 5.73 Å². The number of rotatable bonds is 1. The summed E-state index contributed by atoms with van der Waals surface area (Å²) in [6, 6.07) is 2.03. The summed E-state index contributed by atoms with van der Waals surface area (Å²) in [6.07, 6.45) is 2.29. The van der Waals surface area contributed by atoms with Gasteiger partial charge in [-0.2, -0.15) is 0 Å². The monoisotopic (exact) mass is 304 g/mol. The number of aromatic nitrogens is 2. The van der Waals surface area contributed by atoms with Gasteiger partial charge in [0.2, 0.25) is 5.95 Å². The van der Waals surface area contributed by atoms with Gasteiger partial charge in [0.05, 0.1) is 5.69 Å². The Labute approximate surface area is 96.8 Å². The van der Waals surface area contributed by atoms with E-state index in [0.717, 1.165) is 35.3 Å². The molecule has 0 aromatic carbocycles. The van der Waals surface area contributed by atoms with Crippen LogP contribution in [0, 0.1) is 3.70 Å². The Morgan fingerprint density at radius 1 is 1.36 bits per heavy atom. The molecule has 2 heterocycles. The van der Waals surface area contributed by atoms with Gasteiger partial charge in [-0.25, -0.2) is 9.97 Å². The summed E-state index contributed by atoms with van der Waals surface area (Å²) < 4.78 is 0.934. The van der Waals surface area contributed by atoms with Crippen LogP contribution in [-0.2, 0) is 0 Å².